The molecular weight excluding hydrogens is 398 g/mol. The van der Waals surface area contributed by atoms with E-state index < -0.39 is 0 Å². The van der Waals surface area contributed by atoms with E-state index in [4.69, 9.17) is 16.1 Å². The third kappa shape index (κ3) is 4.99. The van der Waals surface area contributed by atoms with Gasteiger partial charge in [0, 0.05) is 16.8 Å². The van der Waals surface area contributed by atoms with Crippen molar-refractivity contribution in [2.24, 2.45) is 0 Å². The van der Waals surface area contributed by atoms with Gasteiger partial charge < -0.3 is 9.84 Å². The highest BCUT2D eigenvalue weighted by atomic mass is 35.5. The van der Waals surface area contributed by atoms with Crippen molar-refractivity contribution in [2.45, 2.75) is 24.9 Å². The number of anilines is 1. The predicted octanol–water partition coefficient (Wildman–Crippen LogP) is 4.85. The van der Waals surface area contributed by atoms with Crippen LogP contribution < -0.4 is 5.32 Å². The quantitative estimate of drug-likeness (QED) is 0.555. The van der Waals surface area contributed by atoms with Crippen LogP contribution in [0.5, 0.6) is 0 Å². The Balaban J connectivity index is 1.55. The van der Waals surface area contributed by atoms with E-state index in [1.54, 1.807) is 37.3 Å². The minimum atomic E-state index is -0.330. The zero-order chi connectivity index (χ0) is 20.1. The maximum absolute atomic E-state index is 12.3. The molecule has 0 aliphatic rings. The summed E-state index contributed by atoms with van der Waals surface area (Å²) in [5.41, 5.74) is 1.94. The van der Waals surface area contributed by atoms with E-state index in [0.29, 0.717) is 39.3 Å². The maximum atomic E-state index is 12.3. The zero-order valence-electron chi connectivity index (χ0n) is 15.3. The van der Waals surface area contributed by atoms with Crippen molar-refractivity contribution < 1.29 is 14.1 Å². The van der Waals surface area contributed by atoms with Crippen LogP contribution in [0, 0.1) is 0 Å². The van der Waals surface area contributed by atoms with Gasteiger partial charge in [-0.05, 0) is 50.2 Å². The third-order valence-corrected chi connectivity index (χ3v) is 5.43. The summed E-state index contributed by atoms with van der Waals surface area (Å²) in [5.74, 6) is 1.08. The Bertz CT molecular complexity index is 988. The van der Waals surface area contributed by atoms with Crippen LogP contribution in [0.4, 0.5) is 5.69 Å². The lowest BCUT2D eigenvalue weighted by Crippen LogP contribution is -2.22. The van der Waals surface area contributed by atoms with Crippen LogP contribution in [0.1, 0.15) is 30.1 Å². The number of carbonyl (C=O) groups is 2. The molecule has 2 aromatic carbocycles. The predicted molar refractivity (Wildman–Crippen MR) is 111 cm³/mol. The molecule has 1 N–H and O–H groups in total. The minimum absolute atomic E-state index is 0.0162. The SMILES string of the molecule is CC(=O)c1ccc(NC(=O)C(C)SCc2nc(-c3ccccc3Cl)no2)cc1. The van der Waals surface area contributed by atoms with Crippen LogP contribution >= 0.6 is 23.4 Å². The number of carbonyl (C=O) groups excluding carboxylic acids is 2. The molecular formula is C20H18ClN3O3S. The smallest absolute Gasteiger partial charge is 0.237 e. The number of hydrogen-bond acceptors (Lipinski definition) is 6. The van der Waals surface area contributed by atoms with Crippen molar-refractivity contribution in [1.82, 2.24) is 10.1 Å². The zero-order valence-corrected chi connectivity index (χ0v) is 16.9. The van der Waals surface area contributed by atoms with E-state index in [-0.39, 0.29) is 16.9 Å². The summed E-state index contributed by atoms with van der Waals surface area (Å²) in [4.78, 5) is 28.0. The molecule has 3 rings (SSSR count). The minimum Gasteiger partial charge on any atom is -0.338 e. The molecule has 144 valence electrons. The number of nitrogens with one attached hydrogen (secondary N) is 1. The Labute approximate surface area is 171 Å². The van der Waals surface area contributed by atoms with Gasteiger partial charge in [-0.25, -0.2) is 0 Å². The molecule has 1 unspecified atom stereocenters. The molecule has 28 heavy (non-hydrogen) atoms. The molecule has 1 aromatic heterocycles. The van der Waals surface area contributed by atoms with Gasteiger partial charge in [-0.1, -0.05) is 28.9 Å². The topological polar surface area (TPSA) is 85.1 Å². The molecule has 0 bridgehead atoms. The van der Waals surface area contributed by atoms with Crippen molar-refractivity contribution in [3.63, 3.8) is 0 Å². The molecule has 0 radical (unpaired) electrons. The number of hydrogen-bond donors (Lipinski definition) is 1. The second kappa shape index (κ2) is 9.03. The fourth-order valence-corrected chi connectivity index (χ4v) is 3.31. The summed E-state index contributed by atoms with van der Waals surface area (Å²) in [6, 6.07) is 14.0. The van der Waals surface area contributed by atoms with Crippen molar-refractivity contribution >= 4 is 40.7 Å². The van der Waals surface area contributed by atoms with Crippen molar-refractivity contribution in [2.75, 3.05) is 5.32 Å². The van der Waals surface area contributed by atoms with E-state index in [1.165, 1.54) is 18.7 Å². The molecule has 0 saturated heterocycles. The Kier molecular flexibility index (Phi) is 6.49. The molecule has 8 heteroatoms. The Morgan fingerprint density at radius 1 is 1.18 bits per heavy atom. The average Bonchev–Trinajstić information content (AvgIpc) is 3.15. The normalized spacial score (nSPS) is 11.8. The lowest BCUT2D eigenvalue weighted by Gasteiger charge is -2.11. The number of halogens is 1. The number of amides is 1. The Hall–Kier alpha value is -2.64. The lowest BCUT2D eigenvalue weighted by molar-refractivity contribution is -0.115. The summed E-state index contributed by atoms with van der Waals surface area (Å²) in [6.07, 6.45) is 0. The first-order valence-electron chi connectivity index (χ1n) is 8.55. The second-order valence-electron chi connectivity index (χ2n) is 6.07. The molecule has 6 nitrogen and oxygen atoms in total. The van der Waals surface area contributed by atoms with Crippen molar-refractivity contribution in [3.8, 4) is 11.4 Å². The van der Waals surface area contributed by atoms with Crippen LogP contribution in [0.25, 0.3) is 11.4 Å². The summed E-state index contributed by atoms with van der Waals surface area (Å²) in [6.45, 7) is 3.30. The highest BCUT2D eigenvalue weighted by Gasteiger charge is 2.17. The standard InChI is InChI=1S/C20H18ClN3O3S/c1-12(25)14-7-9-15(10-8-14)22-20(26)13(2)28-11-18-23-19(24-27-18)16-5-3-4-6-17(16)21/h3-10,13H,11H2,1-2H3,(H,22,26). The number of rotatable bonds is 7. The summed E-state index contributed by atoms with van der Waals surface area (Å²) in [7, 11) is 0. The van der Waals surface area contributed by atoms with Gasteiger partial charge in [0.05, 0.1) is 16.0 Å². The highest BCUT2D eigenvalue weighted by molar-refractivity contribution is 7.99. The monoisotopic (exact) mass is 415 g/mol. The van der Waals surface area contributed by atoms with Crippen LogP contribution in [-0.2, 0) is 10.5 Å². The molecule has 1 atom stereocenters. The summed E-state index contributed by atoms with van der Waals surface area (Å²) >= 11 is 7.52. The van der Waals surface area contributed by atoms with E-state index in [1.807, 2.05) is 18.2 Å². The molecule has 0 aliphatic heterocycles. The van der Waals surface area contributed by atoms with E-state index in [2.05, 4.69) is 15.5 Å². The molecule has 1 heterocycles. The van der Waals surface area contributed by atoms with Gasteiger partial charge in [-0.15, -0.1) is 11.8 Å². The highest BCUT2D eigenvalue weighted by Crippen LogP contribution is 2.26. The summed E-state index contributed by atoms with van der Waals surface area (Å²) in [5, 5.41) is 6.99. The van der Waals surface area contributed by atoms with Crippen LogP contribution in [0.2, 0.25) is 5.02 Å². The lowest BCUT2D eigenvalue weighted by atomic mass is 10.1. The molecule has 1 amide bonds. The van der Waals surface area contributed by atoms with Gasteiger partial charge in [0.15, 0.2) is 5.78 Å². The van der Waals surface area contributed by atoms with Gasteiger partial charge in [-0.3, -0.25) is 9.59 Å². The molecule has 0 fully saturated rings. The van der Waals surface area contributed by atoms with E-state index in [9.17, 15) is 9.59 Å². The van der Waals surface area contributed by atoms with Crippen LogP contribution in [-0.4, -0.2) is 27.1 Å². The van der Waals surface area contributed by atoms with Crippen molar-refractivity contribution in [1.29, 1.82) is 0 Å². The Morgan fingerprint density at radius 3 is 2.57 bits per heavy atom. The van der Waals surface area contributed by atoms with Gasteiger partial charge >= 0.3 is 0 Å². The van der Waals surface area contributed by atoms with E-state index >= 15 is 0 Å². The summed E-state index contributed by atoms with van der Waals surface area (Å²) < 4.78 is 5.25. The van der Waals surface area contributed by atoms with Gasteiger partial charge in [0.25, 0.3) is 0 Å². The van der Waals surface area contributed by atoms with E-state index in [0.717, 1.165) is 0 Å². The number of thioether (sulfide) groups is 1. The maximum Gasteiger partial charge on any atom is 0.237 e. The number of aromatic nitrogens is 2. The second-order valence-corrected chi connectivity index (χ2v) is 7.80. The first-order chi connectivity index (χ1) is 13.4. The molecule has 0 saturated carbocycles. The van der Waals surface area contributed by atoms with Gasteiger partial charge in [0.1, 0.15) is 0 Å². The first kappa shape index (κ1) is 20.1. The van der Waals surface area contributed by atoms with Crippen molar-refractivity contribution in [3.05, 3.63) is 65.0 Å². The average molecular weight is 416 g/mol. The first-order valence-corrected chi connectivity index (χ1v) is 9.97. The van der Waals surface area contributed by atoms with Gasteiger partial charge in [-0.2, -0.15) is 4.98 Å². The number of nitrogens with zero attached hydrogens (tertiary/aromatic N) is 2. The number of Topliss-reactive ketones (excluding diaryl/α,β-unsaturated/α-hetero) is 1. The Morgan fingerprint density at radius 2 is 1.89 bits per heavy atom. The molecule has 3 aromatic rings. The molecule has 0 spiro atoms. The van der Waals surface area contributed by atoms with Crippen LogP contribution in [0.3, 0.4) is 0 Å². The fraction of sp³-hybridized carbons (Fsp3) is 0.200. The van der Waals surface area contributed by atoms with Crippen LogP contribution in [0.15, 0.2) is 53.1 Å². The molecule has 0 aliphatic carbocycles. The number of benzene rings is 2. The largest absolute Gasteiger partial charge is 0.338 e. The third-order valence-electron chi connectivity index (χ3n) is 3.97. The van der Waals surface area contributed by atoms with Gasteiger partial charge in [0.2, 0.25) is 17.6 Å². The fourth-order valence-electron chi connectivity index (χ4n) is 2.37. The number of ketones is 1.